The van der Waals surface area contributed by atoms with E-state index in [-0.39, 0.29) is 6.79 Å². The maximum absolute atomic E-state index is 11.5. The van der Waals surface area contributed by atoms with Crippen LogP contribution in [0.4, 0.5) is 5.69 Å². The fraction of sp³-hybridized carbons (Fsp3) is 0.273. The Bertz CT molecular complexity index is 544. The van der Waals surface area contributed by atoms with Crippen LogP contribution in [0.5, 0.6) is 11.5 Å². The molecular weight excluding hydrogens is 274 g/mol. The van der Waals surface area contributed by atoms with Crippen molar-refractivity contribution in [3.05, 3.63) is 18.2 Å². The summed E-state index contributed by atoms with van der Waals surface area (Å²) in [5.41, 5.74) is 0.458. The van der Waals surface area contributed by atoms with E-state index in [9.17, 15) is 18.9 Å². The van der Waals surface area contributed by atoms with Gasteiger partial charge in [-0.3, -0.25) is 9.00 Å². The first-order valence-corrected chi connectivity index (χ1v) is 6.78. The Balaban J connectivity index is 1.92. The summed E-state index contributed by atoms with van der Waals surface area (Å²) in [5, 5.41) is 12.7. The first-order chi connectivity index (χ1) is 9.04. The summed E-state index contributed by atoms with van der Waals surface area (Å²) < 4.78 is 21.5. The SMILES string of the molecule is O=C([O-])C[S@@](=O)CC(=O)Nc1ccc2c(c1)OCO2. The predicted molar refractivity (Wildman–Crippen MR) is 64.1 cm³/mol. The maximum atomic E-state index is 11.5. The van der Waals surface area contributed by atoms with Crippen molar-refractivity contribution in [3.63, 3.8) is 0 Å². The van der Waals surface area contributed by atoms with Crippen LogP contribution < -0.4 is 19.9 Å². The monoisotopic (exact) mass is 284 g/mol. The van der Waals surface area contributed by atoms with E-state index in [1.165, 1.54) is 0 Å². The number of hydrogen-bond acceptors (Lipinski definition) is 6. The predicted octanol–water partition coefficient (Wildman–Crippen LogP) is -1.15. The van der Waals surface area contributed by atoms with Gasteiger partial charge in [0.05, 0.1) is 11.7 Å². The lowest BCUT2D eigenvalue weighted by Gasteiger charge is -2.06. The van der Waals surface area contributed by atoms with Crippen LogP contribution in [0, 0.1) is 0 Å². The van der Waals surface area contributed by atoms with Gasteiger partial charge in [0.1, 0.15) is 5.75 Å². The van der Waals surface area contributed by atoms with E-state index in [4.69, 9.17) is 9.47 Å². The Morgan fingerprint density at radius 3 is 2.74 bits per heavy atom. The Kier molecular flexibility index (Phi) is 4.00. The Morgan fingerprint density at radius 1 is 1.26 bits per heavy atom. The molecule has 0 bridgehead atoms. The van der Waals surface area contributed by atoms with Crippen LogP contribution in [-0.2, 0) is 20.4 Å². The summed E-state index contributed by atoms with van der Waals surface area (Å²) in [4.78, 5) is 21.7. The third-order valence-corrected chi connectivity index (χ3v) is 3.37. The molecule has 0 spiro atoms. The molecule has 1 atom stereocenters. The molecule has 0 aromatic heterocycles. The number of carboxylic acid groups (broad SMARTS) is 1. The van der Waals surface area contributed by atoms with Gasteiger partial charge >= 0.3 is 0 Å². The number of amides is 1. The van der Waals surface area contributed by atoms with Crippen molar-refractivity contribution in [2.75, 3.05) is 23.6 Å². The molecule has 0 fully saturated rings. The van der Waals surface area contributed by atoms with E-state index in [1.807, 2.05) is 0 Å². The van der Waals surface area contributed by atoms with Crippen molar-refractivity contribution < 1.29 is 28.4 Å². The molecule has 1 amide bonds. The van der Waals surface area contributed by atoms with Crippen LogP contribution >= 0.6 is 0 Å². The Labute approximate surface area is 111 Å². The lowest BCUT2D eigenvalue weighted by molar-refractivity contribution is -0.301. The first kappa shape index (κ1) is 13.3. The minimum Gasteiger partial charge on any atom is -0.549 e. The molecule has 0 saturated heterocycles. The van der Waals surface area contributed by atoms with E-state index in [0.717, 1.165) is 0 Å². The number of carboxylic acids is 1. The van der Waals surface area contributed by atoms with Gasteiger partial charge in [0.25, 0.3) is 0 Å². The third kappa shape index (κ3) is 3.68. The van der Waals surface area contributed by atoms with Crippen LogP contribution in [0.2, 0.25) is 0 Å². The Morgan fingerprint density at radius 2 is 2.00 bits per heavy atom. The fourth-order valence-corrected chi connectivity index (χ4v) is 2.23. The zero-order valence-corrected chi connectivity index (χ0v) is 10.5. The molecule has 2 rings (SSSR count). The first-order valence-electron chi connectivity index (χ1n) is 5.29. The van der Waals surface area contributed by atoms with Crippen LogP contribution in [0.15, 0.2) is 18.2 Å². The van der Waals surface area contributed by atoms with Gasteiger partial charge in [-0.25, -0.2) is 0 Å². The quantitative estimate of drug-likeness (QED) is 0.732. The lowest BCUT2D eigenvalue weighted by Crippen LogP contribution is -2.31. The van der Waals surface area contributed by atoms with Gasteiger partial charge in [-0.05, 0) is 12.1 Å². The van der Waals surface area contributed by atoms with Crippen molar-refractivity contribution in [2.24, 2.45) is 0 Å². The van der Waals surface area contributed by atoms with Gasteiger partial charge in [0, 0.05) is 22.6 Å². The number of hydrogen-bond donors (Lipinski definition) is 1. The van der Waals surface area contributed by atoms with Gasteiger partial charge in [-0.1, -0.05) is 0 Å². The van der Waals surface area contributed by atoms with Crippen LogP contribution in [0.25, 0.3) is 0 Å². The molecule has 0 aliphatic carbocycles. The third-order valence-electron chi connectivity index (χ3n) is 2.23. The molecule has 0 radical (unpaired) electrons. The number of benzene rings is 1. The lowest BCUT2D eigenvalue weighted by atomic mass is 10.3. The van der Waals surface area contributed by atoms with E-state index < -0.39 is 34.2 Å². The molecule has 19 heavy (non-hydrogen) atoms. The highest BCUT2D eigenvalue weighted by atomic mass is 32.2. The van der Waals surface area contributed by atoms with Gasteiger partial charge < -0.3 is 24.7 Å². The maximum Gasteiger partial charge on any atom is 0.237 e. The highest BCUT2D eigenvalue weighted by Gasteiger charge is 2.15. The molecule has 7 nitrogen and oxygen atoms in total. The molecule has 1 N–H and O–H groups in total. The van der Waals surface area contributed by atoms with Crippen molar-refractivity contribution in [1.82, 2.24) is 0 Å². The van der Waals surface area contributed by atoms with E-state index in [2.05, 4.69) is 5.32 Å². The minimum atomic E-state index is -1.78. The number of rotatable bonds is 5. The summed E-state index contributed by atoms with van der Waals surface area (Å²) in [5.74, 6) is -1.96. The van der Waals surface area contributed by atoms with Crippen LogP contribution in [-0.4, -0.2) is 34.4 Å². The zero-order chi connectivity index (χ0) is 13.8. The highest BCUT2D eigenvalue weighted by Crippen LogP contribution is 2.34. The van der Waals surface area contributed by atoms with E-state index in [0.29, 0.717) is 17.2 Å². The molecule has 0 saturated carbocycles. The van der Waals surface area contributed by atoms with Gasteiger partial charge in [-0.2, -0.15) is 0 Å². The molecule has 1 aliphatic heterocycles. The fourth-order valence-electron chi connectivity index (χ4n) is 1.50. The topological polar surface area (TPSA) is 105 Å². The number of fused-ring (bicyclic) bond motifs is 1. The summed E-state index contributed by atoms with van der Waals surface area (Å²) in [6, 6.07) is 4.81. The second kappa shape index (κ2) is 5.70. The largest absolute Gasteiger partial charge is 0.549 e. The molecule has 1 heterocycles. The second-order valence-electron chi connectivity index (χ2n) is 3.72. The highest BCUT2D eigenvalue weighted by molar-refractivity contribution is 7.86. The number of carbonyl (C=O) groups excluding carboxylic acids is 2. The van der Waals surface area contributed by atoms with Crippen molar-refractivity contribution in [1.29, 1.82) is 0 Å². The van der Waals surface area contributed by atoms with E-state index >= 15 is 0 Å². The molecule has 1 aromatic rings. The van der Waals surface area contributed by atoms with Gasteiger partial charge in [0.15, 0.2) is 11.5 Å². The molecule has 8 heteroatoms. The summed E-state index contributed by atoms with van der Waals surface area (Å²) in [6.45, 7) is 0.127. The zero-order valence-electron chi connectivity index (χ0n) is 9.71. The summed E-state index contributed by atoms with van der Waals surface area (Å²) in [6.07, 6.45) is 0. The average Bonchev–Trinajstić information content (AvgIpc) is 2.74. The number of anilines is 1. The average molecular weight is 284 g/mol. The standard InChI is InChI=1S/C11H11NO6S/c13-10(4-19(16)5-11(14)15)12-7-1-2-8-9(3-7)18-6-17-8/h1-3H,4-6H2,(H,12,13)(H,14,15)/p-1/t19-/m0/s1. The van der Waals surface area contributed by atoms with Gasteiger partial charge in [-0.15, -0.1) is 0 Å². The summed E-state index contributed by atoms with van der Waals surface area (Å²) >= 11 is 0. The molecule has 1 aliphatic rings. The van der Waals surface area contributed by atoms with Crippen LogP contribution in [0.3, 0.4) is 0 Å². The number of carbonyl (C=O) groups is 2. The van der Waals surface area contributed by atoms with Gasteiger partial charge in [0.2, 0.25) is 12.7 Å². The molecular formula is C11H10NO6S-. The van der Waals surface area contributed by atoms with Crippen LogP contribution in [0.1, 0.15) is 0 Å². The second-order valence-corrected chi connectivity index (χ2v) is 5.17. The van der Waals surface area contributed by atoms with Crippen molar-refractivity contribution in [2.45, 2.75) is 0 Å². The number of aliphatic carboxylic acids is 1. The summed E-state index contributed by atoms with van der Waals surface area (Å²) in [7, 11) is -1.78. The number of nitrogens with one attached hydrogen (secondary N) is 1. The minimum absolute atomic E-state index is 0.127. The Hall–Kier alpha value is -2.09. The van der Waals surface area contributed by atoms with E-state index in [1.54, 1.807) is 18.2 Å². The van der Waals surface area contributed by atoms with Crippen molar-refractivity contribution in [3.8, 4) is 11.5 Å². The smallest absolute Gasteiger partial charge is 0.237 e. The normalized spacial score (nSPS) is 13.9. The van der Waals surface area contributed by atoms with Crippen molar-refractivity contribution >= 4 is 28.4 Å². The number of ether oxygens (including phenoxy) is 2. The molecule has 102 valence electrons. The molecule has 1 aromatic carbocycles. The molecule has 0 unspecified atom stereocenters.